The molecule has 0 radical (unpaired) electrons. The Balaban J connectivity index is 1.80. The largest absolute Gasteiger partial charge is 0.490 e. The molecule has 0 bridgehead atoms. The van der Waals surface area contributed by atoms with Crippen LogP contribution in [0.4, 0.5) is 0 Å². The summed E-state index contributed by atoms with van der Waals surface area (Å²) in [5.41, 5.74) is 8.19. The van der Waals surface area contributed by atoms with E-state index in [1.807, 2.05) is 36.4 Å². The fraction of sp³-hybridized carbons (Fsp3) is 0.312. The van der Waals surface area contributed by atoms with Crippen LogP contribution in [0.25, 0.3) is 0 Å². The van der Waals surface area contributed by atoms with Crippen molar-refractivity contribution in [1.29, 1.82) is 0 Å². The first kappa shape index (κ1) is 12.9. The molecule has 0 spiro atoms. The number of aromatic nitrogens is 1. The third-order valence-corrected chi connectivity index (χ3v) is 3.40. The van der Waals surface area contributed by atoms with Gasteiger partial charge in [-0.25, -0.2) is 4.98 Å². The average Bonchev–Trinajstić information content (AvgIpc) is 3.31. The predicted molar refractivity (Wildman–Crippen MR) is 76.9 cm³/mol. The molecule has 4 heteroatoms. The summed E-state index contributed by atoms with van der Waals surface area (Å²) in [4.78, 5) is 4.18. The van der Waals surface area contributed by atoms with Crippen LogP contribution in [0.15, 0.2) is 42.6 Å². The van der Waals surface area contributed by atoms with E-state index in [1.165, 1.54) is 0 Å². The van der Waals surface area contributed by atoms with Crippen molar-refractivity contribution in [1.82, 2.24) is 4.98 Å². The van der Waals surface area contributed by atoms with Crippen LogP contribution in [0.3, 0.4) is 0 Å². The van der Waals surface area contributed by atoms with Crippen molar-refractivity contribution < 1.29 is 9.47 Å². The first-order valence-electron chi connectivity index (χ1n) is 6.79. The number of hydrogen-bond donors (Lipinski definition) is 1. The molecule has 2 N–H and O–H groups in total. The fourth-order valence-electron chi connectivity index (χ4n) is 2.12. The van der Waals surface area contributed by atoms with E-state index < -0.39 is 0 Å². The van der Waals surface area contributed by atoms with Crippen molar-refractivity contribution >= 4 is 0 Å². The number of nitrogens with two attached hydrogens (primary N) is 1. The lowest BCUT2D eigenvalue weighted by molar-refractivity contribution is 0.303. The lowest BCUT2D eigenvalue weighted by Crippen LogP contribution is -2.13. The van der Waals surface area contributed by atoms with Gasteiger partial charge in [-0.1, -0.05) is 18.2 Å². The van der Waals surface area contributed by atoms with Crippen LogP contribution in [0.1, 0.15) is 30.0 Å². The van der Waals surface area contributed by atoms with Gasteiger partial charge in [-0.2, -0.15) is 0 Å². The lowest BCUT2D eigenvalue weighted by atomic mass is 10.0. The molecule has 1 aliphatic rings. The predicted octanol–water partition coefficient (Wildman–Crippen LogP) is 2.68. The summed E-state index contributed by atoms with van der Waals surface area (Å²) >= 11 is 0. The summed E-state index contributed by atoms with van der Waals surface area (Å²) in [7, 11) is 1.60. The standard InChI is InChI=1S/C16H18N2O2/c1-19-16-14(3-2-10-18-16)15(17)11-4-6-12(7-5-11)20-13-8-9-13/h2-7,10,13,15H,8-9,17H2,1H3. The Morgan fingerprint density at radius 1 is 1.20 bits per heavy atom. The Morgan fingerprint density at radius 2 is 1.95 bits per heavy atom. The fourth-order valence-corrected chi connectivity index (χ4v) is 2.12. The molecule has 1 fully saturated rings. The zero-order chi connectivity index (χ0) is 13.9. The Kier molecular flexibility index (Phi) is 3.56. The molecule has 1 saturated carbocycles. The molecular formula is C16H18N2O2. The molecule has 0 saturated heterocycles. The molecule has 0 aliphatic heterocycles. The zero-order valence-corrected chi connectivity index (χ0v) is 11.5. The molecule has 20 heavy (non-hydrogen) atoms. The Labute approximate surface area is 118 Å². The minimum atomic E-state index is -0.256. The first-order valence-corrected chi connectivity index (χ1v) is 6.79. The Hall–Kier alpha value is -2.07. The maximum absolute atomic E-state index is 6.30. The van der Waals surface area contributed by atoms with Crippen LogP contribution in [0, 0.1) is 0 Å². The highest BCUT2D eigenvalue weighted by atomic mass is 16.5. The maximum atomic E-state index is 6.30. The van der Waals surface area contributed by atoms with Crippen LogP contribution in [0.2, 0.25) is 0 Å². The van der Waals surface area contributed by atoms with Gasteiger partial charge < -0.3 is 15.2 Å². The summed E-state index contributed by atoms with van der Waals surface area (Å²) in [6.07, 6.45) is 4.43. The van der Waals surface area contributed by atoms with Crippen molar-refractivity contribution in [3.05, 3.63) is 53.7 Å². The number of rotatable bonds is 5. The van der Waals surface area contributed by atoms with Crippen LogP contribution in [-0.4, -0.2) is 18.2 Å². The van der Waals surface area contributed by atoms with Crippen molar-refractivity contribution in [3.63, 3.8) is 0 Å². The Bertz CT molecular complexity index is 579. The first-order chi connectivity index (χ1) is 9.78. The van der Waals surface area contributed by atoms with E-state index in [0.29, 0.717) is 12.0 Å². The molecule has 1 heterocycles. The smallest absolute Gasteiger partial charge is 0.218 e. The monoisotopic (exact) mass is 270 g/mol. The van der Waals surface area contributed by atoms with Gasteiger partial charge in [-0.05, 0) is 36.6 Å². The maximum Gasteiger partial charge on any atom is 0.218 e. The van der Waals surface area contributed by atoms with Crippen molar-refractivity contribution in [2.75, 3.05) is 7.11 Å². The highest BCUT2D eigenvalue weighted by molar-refractivity contribution is 5.39. The minimum Gasteiger partial charge on any atom is -0.490 e. The number of nitrogens with zero attached hydrogens (tertiary/aromatic N) is 1. The van der Waals surface area contributed by atoms with Crippen LogP contribution in [-0.2, 0) is 0 Å². The van der Waals surface area contributed by atoms with Crippen LogP contribution < -0.4 is 15.2 Å². The van der Waals surface area contributed by atoms with Crippen molar-refractivity contribution in [2.45, 2.75) is 25.0 Å². The minimum absolute atomic E-state index is 0.256. The summed E-state index contributed by atoms with van der Waals surface area (Å²) in [5, 5.41) is 0. The summed E-state index contributed by atoms with van der Waals surface area (Å²) in [6, 6.07) is 11.5. The molecule has 3 rings (SSSR count). The molecule has 2 aromatic rings. The zero-order valence-electron chi connectivity index (χ0n) is 11.5. The third kappa shape index (κ3) is 2.75. The molecule has 104 valence electrons. The molecule has 0 amide bonds. The number of pyridine rings is 1. The summed E-state index contributed by atoms with van der Waals surface area (Å²) in [5.74, 6) is 1.47. The SMILES string of the molecule is COc1ncccc1C(N)c1ccc(OC2CC2)cc1. The van der Waals surface area contributed by atoms with Gasteiger partial charge in [-0.15, -0.1) is 0 Å². The van der Waals surface area contributed by atoms with Gasteiger partial charge in [0, 0.05) is 11.8 Å². The molecule has 1 atom stereocenters. The number of benzene rings is 1. The van der Waals surface area contributed by atoms with Gasteiger partial charge in [-0.3, -0.25) is 0 Å². The quantitative estimate of drug-likeness (QED) is 0.907. The molecule has 1 aromatic heterocycles. The van der Waals surface area contributed by atoms with Gasteiger partial charge in [0.25, 0.3) is 0 Å². The summed E-state index contributed by atoms with van der Waals surface area (Å²) < 4.78 is 11.0. The number of hydrogen-bond acceptors (Lipinski definition) is 4. The average molecular weight is 270 g/mol. The van der Waals surface area contributed by atoms with Crippen molar-refractivity contribution in [2.24, 2.45) is 5.73 Å². The van der Waals surface area contributed by atoms with Gasteiger partial charge in [0.2, 0.25) is 5.88 Å². The molecule has 1 aliphatic carbocycles. The summed E-state index contributed by atoms with van der Waals surface area (Å²) in [6.45, 7) is 0. The van der Waals surface area contributed by atoms with Gasteiger partial charge >= 0.3 is 0 Å². The van der Waals surface area contributed by atoms with Crippen LogP contribution >= 0.6 is 0 Å². The third-order valence-electron chi connectivity index (χ3n) is 3.40. The highest BCUT2D eigenvalue weighted by Gasteiger charge is 2.23. The van der Waals surface area contributed by atoms with E-state index in [9.17, 15) is 0 Å². The van der Waals surface area contributed by atoms with Gasteiger partial charge in [0.15, 0.2) is 0 Å². The van der Waals surface area contributed by atoms with E-state index in [0.717, 1.165) is 29.7 Å². The second-order valence-corrected chi connectivity index (χ2v) is 4.97. The van der Waals surface area contributed by atoms with E-state index in [-0.39, 0.29) is 6.04 Å². The van der Waals surface area contributed by atoms with E-state index in [2.05, 4.69) is 4.98 Å². The van der Waals surface area contributed by atoms with Gasteiger partial charge in [0.1, 0.15) is 5.75 Å². The normalized spacial score (nSPS) is 15.7. The molecule has 4 nitrogen and oxygen atoms in total. The van der Waals surface area contributed by atoms with Crippen LogP contribution in [0.5, 0.6) is 11.6 Å². The molecule has 1 aromatic carbocycles. The van der Waals surface area contributed by atoms with E-state index in [4.69, 9.17) is 15.2 Å². The second kappa shape index (κ2) is 5.51. The van der Waals surface area contributed by atoms with Gasteiger partial charge in [0.05, 0.1) is 19.3 Å². The number of ether oxygens (including phenoxy) is 2. The second-order valence-electron chi connectivity index (χ2n) is 4.97. The highest BCUT2D eigenvalue weighted by Crippen LogP contribution is 2.30. The topological polar surface area (TPSA) is 57.4 Å². The lowest BCUT2D eigenvalue weighted by Gasteiger charge is -2.15. The molecule has 1 unspecified atom stereocenters. The van der Waals surface area contributed by atoms with Crippen molar-refractivity contribution in [3.8, 4) is 11.6 Å². The van der Waals surface area contributed by atoms with E-state index >= 15 is 0 Å². The number of methoxy groups -OCH3 is 1. The van der Waals surface area contributed by atoms with E-state index in [1.54, 1.807) is 13.3 Å². The molecular weight excluding hydrogens is 252 g/mol. The Morgan fingerprint density at radius 3 is 2.60 bits per heavy atom.